The zero-order valence-electron chi connectivity index (χ0n) is 14.6. The van der Waals surface area contributed by atoms with Crippen LogP contribution in [-0.2, 0) is 6.54 Å². The van der Waals surface area contributed by atoms with E-state index in [1.54, 1.807) is 18.4 Å². The molecule has 4 rings (SSSR count). The summed E-state index contributed by atoms with van der Waals surface area (Å²) in [4.78, 5) is 8.06. The predicted molar refractivity (Wildman–Crippen MR) is 116 cm³/mol. The van der Waals surface area contributed by atoms with Gasteiger partial charge >= 0.3 is 0 Å². The average molecular weight is 460 g/mol. The van der Waals surface area contributed by atoms with Crippen molar-refractivity contribution in [2.24, 2.45) is 0 Å². The van der Waals surface area contributed by atoms with Crippen molar-refractivity contribution in [2.45, 2.75) is 18.6 Å². The molecule has 138 valence electrons. The number of hydrogen-bond donors (Lipinski definition) is 1. The van der Waals surface area contributed by atoms with E-state index in [0.29, 0.717) is 0 Å². The first-order valence-electron chi connectivity index (χ1n) is 8.50. The predicted octanol–water partition coefficient (Wildman–Crippen LogP) is 5.09. The van der Waals surface area contributed by atoms with Crippen molar-refractivity contribution in [3.05, 3.63) is 80.7 Å². The summed E-state index contributed by atoms with van der Waals surface area (Å²) in [6.07, 6.45) is 1.83. The minimum absolute atomic E-state index is 0.0162. The first-order chi connectivity index (χ1) is 13.2. The third kappa shape index (κ3) is 3.85. The number of halogens is 1. The molecule has 0 unspecified atom stereocenters. The van der Waals surface area contributed by atoms with Crippen molar-refractivity contribution in [1.82, 2.24) is 15.2 Å². The fraction of sp³-hybridized carbons (Fsp3) is 0.200. The summed E-state index contributed by atoms with van der Waals surface area (Å²) in [5.74, 6) is 0.853. The second-order valence-electron chi connectivity index (χ2n) is 6.27. The second-order valence-corrected chi connectivity index (χ2v) is 8.52. The van der Waals surface area contributed by atoms with E-state index >= 15 is 0 Å². The van der Waals surface area contributed by atoms with Gasteiger partial charge in [0, 0.05) is 27.5 Å². The highest BCUT2D eigenvalue weighted by Crippen LogP contribution is 2.42. The third-order valence-electron chi connectivity index (χ3n) is 4.59. The van der Waals surface area contributed by atoms with Crippen LogP contribution in [-0.4, -0.2) is 22.1 Å². The molecule has 0 spiro atoms. The molecule has 2 aromatic heterocycles. The normalized spacial score (nSPS) is 19.2. The van der Waals surface area contributed by atoms with Crippen molar-refractivity contribution < 1.29 is 4.74 Å². The van der Waals surface area contributed by atoms with Gasteiger partial charge in [0.1, 0.15) is 5.75 Å². The first kappa shape index (κ1) is 18.4. The fourth-order valence-electron chi connectivity index (χ4n) is 3.30. The van der Waals surface area contributed by atoms with E-state index in [1.165, 1.54) is 10.4 Å². The van der Waals surface area contributed by atoms with E-state index in [2.05, 4.69) is 54.7 Å². The van der Waals surface area contributed by atoms with Crippen LogP contribution in [0.4, 0.5) is 0 Å². The number of methoxy groups -OCH3 is 1. The van der Waals surface area contributed by atoms with Gasteiger partial charge in [-0.2, -0.15) is 0 Å². The van der Waals surface area contributed by atoms with Gasteiger partial charge in [-0.3, -0.25) is 4.98 Å². The number of ether oxygens (including phenoxy) is 1. The van der Waals surface area contributed by atoms with Crippen LogP contribution >= 0.6 is 39.5 Å². The van der Waals surface area contributed by atoms with E-state index in [9.17, 15) is 0 Å². The SMILES string of the molecule is COc1ccc(CN2C(=S)N[C@H](c3ccccn3)[C@H]2c2cc(Br)cs2)cc1. The number of nitrogens with one attached hydrogen (secondary N) is 1. The largest absolute Gasteiger partial charge is 0.497 e. The summed E-state index contributed by atoms with van der Waals surface area (Å²) in [7, 11) is 1.68. The van der Waals surface area contributed by atoms with E-state index in [-0.39, 0.29) is 12.1 Å². The van der Waals surface area contributed by atoms with Crippen LogP contribution < -0.4 is 10.1 Å². The Labute approximate surface area is 176 Å². The maximum absolute atomic E-state index is 5.70. The molecule has 0 radical (unpaired) electrons. The van der Waals surface area contributed by atoms with Gasteiger partial charge in [0.25, 0.3) is 0 Å². The maximum atomic E-state index is 5.70. The molecule has 1 fully saturated rings. The average Bonchev–Trinajstić information content (AvgIpc) is 3.26. The summed E-state index contributed by atoms with van der Waals surface area (Å²) < 4.78 is 6.35. The summed E-state index contributed by atoms with van der Waals surface area (Å²) in [5, 5.41) is 6.34. The smallest absolute Gasteiger partial charge is 0.170 e. The van der Waals surface area contributed by atoms with Gasteiger partial charge in [-0.1, -0.05) is 18.2 Å². The Hall–Kier alpha value is -1.96. The monoisotopic (exact) mass is 459 g/mol. The number of hydrogen-bond acceptors (Lipinski definition) is 4. The number of thiophene rings is 1. The van der Waals surface area contributed by atoms with Gasteiger partial charge in [0.15, 0.2) is 5.11 Å². The maximum Gasteiger partial charge on any atom is 0.170 e. The third-order valence-corrected chi connectivity index (χ3v) is 6.71. The molecule has 0 bridgehead atoms. The molecule has 0 saturated carbocycles. The topological polar surface area (TPSA) is 37.4 Å². The fourth-order valence-corrected chi connectivity index (χ4v) is 5.19. The molecule has 1 saturated heterocycles. The number of aromatic nitrogens is 1. The highest BCUT2D eigenvalue weighted by molar-refractivity contribution is 9.10. The standard InChI is InChI=1S/C20H18BrN3OS2/c1-25-15-7-5-13(6-8-15)11-24-19(17-10-14(21)12-27-17)18(23-20(24)26)16-4-2-3-9-22-16/h2-10,12,18-19H,11H2,1H3,(H,23,26)/t18-,19-/m1/s1. The van der Waals surface area contributed by atoms with Gasteiger partial charge in [-0.15, -0.1) is 11.3 Å². The highest BCUT2D eigenvalue weighted by atomic mass is 79.9. The molecule has 27 heavy (non-hydrogen) atoms. The van der Waals surface area contributed by atoms with Crippen LogP contribution in [0, 0.1) is 0 Å². The van der Waals surface area contributed by atoms with E-state index < -0.39 is 0 Å². The zero-order chi connectivity index (χ0) is 18.8. The number of thiocarbonyl (C=S) groups is 1. The lowest BCUT2D eigenvalue weighted by atomic mass is 10.0. The lowest BCUT2D eigenvalue weighted by Crippen LogP contribution is -2.28. The van der Waals surface area contributed by atoms with Crippen molar-refractivity contribution >= 4 is 44.6 Å². The van der Waals surface area contributed by atoms with Gasteiger partial charge in [-0.25, -0.2) is 0 Å². The Morgan fingerprint density at radius 2 is 2.07 bits per heavy atom. The Bertz CT molecular complexity index is 930. The van der Waals surface area contributed by atoms with Gasteiger partial charge in [-0.05, 0) is 64.0 Å². The minimum Gasteiger partial charge on any atom is -0.497 e. The summed E-state index contributed by atoms with van der Waals surface area (Å²) in [6.45, 7) is 0.722. The molecular formula is C20H18BrN3OS2. The summed E-state index contributed by atoms with van der Waals surface area (Å²) in [6, 6.07) is 16.4. The first-order valence-corrected chi connectivity index (χ1v) is 10.6. The van der Waals surface area contributed by atoms with Gasteiger partial charge in [0.05, 0.1) is 24.9 Å². The molecule has 0 amide bonds. The second kappa shape index (κ2) is 7.96. The van der Waals surface area contributed by atoms with Crippen LogP contribution in [0.2, 0.25) is 0 Å². The minimum atomic E-state index is 0.0162. The number of rotatable bonds is 5. The van der Waals surface area contributed by atoms with Crippen molar-refractivity contribution in [3.63, 3.8) is 0 Å². The molecule has 1 aromatic carbocycles. The Kier molecular flexibility index (Phi) is 5.43. The van der Waals surface area contributed by atoms with E-state index in [4.69, 9.17) is 17.0 Å². The number of pyridine rings is 1. The van der Waals surface area contributed by atoms with Crippen LogP contribution in [0.1, 0.15) is 28.2 Å². The van der Waals surface area contributed by atoms with Crippen molar-refractivity contribution in [3.8, 4) is 5.75 Å². The lowest BCUT2D eigenvalue weighted by molar-refractivity contribution is 0.315. The molecule has 7 heteroatoms. The molecular weight excluding hydrogens is 442 g/mol. The van der Waals surface area contributed by atoms with Crippen molar-refractivity contribution in [1.29, 1.82) is 0 Å². The quantitative estimate of drug-likeness (QED) is 0.537. The molecule has 4 nitrogen and oxygen atoms in total. The number of benzene rings is 1. The van der Waals surface area contributed by atoms with E-state index in [1.807, 2.05) is 36.5 Å². The molecule has 2 atom stereocenters. The highest BCUT2D eigenvalue weighted by Gasteiger charge is 2.40. The van der Waals surface area contributed by atoms with Gasteiger partial charge in [0.2, 0.25) is 0 Å². The molecule has 1 aliphatic rings. The zero-order valence-corrected chi connectivity index (χ0v) is 17.9. The van der Waals surface area contributed by atoms with Crippen molar-refractivity contribution in [2.75, 3.05) is 7.11 Å². The number of nitrogens with zero attached hydrogens (tertiary/aromatic N) is 2. The van der Waals surface area contributed by atoms with Crippen LogP contribution in [0.25, 0.3) is 0 Å². The Balaban J connectivity index is 1.68. The summed E-state index contributed by atoms with van der Waals surface area (Å²) in [5.41, 5.74) is 2.17. The van der Waals surface area contributed by atoms with Gasteiger partial charge < -0.3 is 15.0 Å². The molecule has 1 N–H and O–H groups in total. The van der Waals surface area contributed by atoms with Crippen LogP contribution in [0.3, 0.4) is 0 Å². The van der Waals surface area contributed by atoms with Crippen LogP contribution in [0.5, 0.6) is 5.75 Å². The Morgan fingerprint density at radius 3 is 2.70 bits per heavy atom. The lowest BCUT2D eigenvalue weighted by Gasteiger charge is -2.27. The molecule has 3 aromatic rings. The molecule has 1 aliphatic heterocycles. The molecule has 0 aliphatic carbocycles. The molecule has 3 heterocycles. The summed E-state index contributed by atoms with van der Waals surface area (Å²) >= 11 is 11.0. The van der Waals surface area contributed by atoms with E-state index in [0.717, 1.165) is 27.6 Å². The Morgan fingerprint density at radius 1 is 1.26 bits per heavy atom. The van der Waals surface area contributed by atoms with Crippen LogP contribution in [0.15, 0.2) is 64.6 Å².